The Hall–Kier alpha value is -3.17. The standard InChI is InChI=1S/C27H36ClN3O4S/c1-10-20(30-36(9,33)34)15-18(4)19(5)24(17-32)21(11-2)23(16-31(6)7)22-13-14-25(35-8)27(26(22)28)29-12-3/h10-11,13-17,29-30,33-34H,1-2,4-5,12H2,3,6-9H3/b20-15+,23-16?,24-21+. The van der Waals surface area contributed by atoms with Crippen LogP contribution in [0.2, 0.25) is 5.02 Å². The fourth-order valence-electron chi connectivity index (χ4n) is 3.28. The molecule has 1 aromatic carbocycles. The number of rotatable bonds is 14. The molecule has 1 aromatic rings. The molecule has 7 nitrogen and oxygen atoms in total. The van der Waals surface area contributed by atoms with Crippen LogP contribution in [0.5, 0.6) is 5.75 Å². The van der Waals surface area contributed by atoms with E-state index in [1.165, 1.54) is 18.4 Å². The molecular formula is C27H36ClN3O4S. The van der Waals surface area contributed by atoms with E-state index < -0.39 is 10.8 Å². The smallest absolute Gasteiger partial charge is 0.151 e. The molecule has 0 bridgehead atoms. The van der Waals surface area contributed by atoms with Gasteiger partial charge in [0.15, 0.2) is 6.29 Å². The maximum Gasteiger partial charge on any atom is 0.151 e. The molecule has 0 heterocycles. The fraction of sp³-hybridized carbons (Fsp3) is 0.222. The Balaban J connectivity index is 3.81. The minimum atomic E-state index is -3.04. The molecule has 0 saturated carbocycles. The van der Waals surface area contributed by atoms with Gasteiger partial charge >= 0.3 is 0 Å². The number of allylic oxidation sites excluding steroid dienone is 8. The van der Waals surface area contributed by atoms with Crippen LogP contribution in [0.4, 0.5) is 5.69 Å². The van der Waals surface area contributed by atoms with Gasteiger partial charge in [-0.1, -0.05) is 44.0 Å². The summed E-state index contributed by atoms with van der Waals surface area (Å²) >= 11 is 6.83. The largest absolute Gasteiger partial charge is 0.495 e. The van der Waals surface area contributed by atoms with Crippen molar-refractivity contribution in [3.63, 3.8) is 0 Å². The maximum atomic E-state index is 12.4. The van der Waals surface area contributed by atoms with Crippen molar-refractivity contribution < 1.29 is 18.6 Å². The van der Waals surface area contributed by atoms with Crippen LogP contribution in [0.3, 0.4) is 0 Å². The number of carbonyl (C=O) groups is 1. The van der Waals surface area contributed by atoms with Crippen molar-refractivity contribution in [3.05, 3.63) is 101 Å². The highest BCUT2D eigenvalue weighted by Gasteiger charge is 2.20. The summed E-state index contributed by atoms with van der Waals surface area (Å²) in [6, 6.07) is 3.61. The monoisotopic (exact) mass is 533 g/mol. The highest BCUT2D eigenvalue weighted by molar-refractivity contribution is 8.22. The van der Waals surface area contributed by atoms with Crippen molar-refractivity contribution >= 4 is 39.9 Å². The highest BCUT2D eigenvalue weighted by Crippen LogP contribution is 2.41. The molecule has 0 unspecified atom stereocenters. The lowest BCUT2D eigenvalue weighted by molar-refractivity contribution is -0.104. The van der Waals surface area contributed by atoms with E-state index in [-0.39, 0.29) is 5.57 Å². The lowest BCUT2D eigenvalue weighted by atomic mass is 9.89. The summed E-state index contributed by atoms with van der Waals surface area (Å²) in [4.78, 5) is 14.2. The Kier molecular flexibility index (Phi) is 11.8. The number of hydrogen-bond acceptors (Lipinski definition) is 7. The Bertz CT molecular complexity index is 1130. The first-order valence-corrected chi connectivity index (χ1v) is 13.2. The summed E-state index contributed by atoms with van der Waals surface area (Å²) in [7, 11) is 2.23. The predicted molar refractivity (Wildman–Crippen MR) is 156 cm³/mol. The molecule has 0 aliphatic carbocycles. The van der Waals surface area contributed by atoms with Gasteiger partial charge < -0.3 is 15.0 Å². The molecular weight excluding hydrogens is 498 g/mol. The zero-order chi connectivity index (χ0) is 27.6. The van der Waals surface area contributed by atoms with E-state index in [1.54, 1.807) is 19.3 Å². The second-order valence-electron chi connectivity index (χ2n) is 7.93. The zero-order valence-corrected chi connectivity index (χ0v) is 23.1. The van der Waals surface area contributed by atoms with Gasteiger partial charge in [0.25, 0.3) is 0 Å². The number of halogens is 1. The first kappa shape index (κ1) is 30.9. The Labute approximate surface area is 221 Å². The second-order valence-corrected chi connectivity index (χ2v) is 10.2. The van der Waals surface area contributed by atoms with Crippen molar-refractivity contribution in [3.8, 4) is 5.75 Å². The van der Waals surface area contributed by atoms with Crippen LogP contribution in [-0.2, 0) is 4.79 Å². The number of ether oxygens (including phenoxy) is 1. The van der Waals surface area contributed by atoms with E-state index in [0.29, 0.717) is 62.8 Å². The third kappa shape index (κ3) is 8.20. The van der Waals surface area contributed by atoms with E-state index in [4.69, 9.17) is 16.3 Å². The summed E-state index contributed by atoms with van der Waals surface area (Å²) in [5, 5.41) is 3.65. The molecule has 36 heavy (non-hydrogen) atoms. The second kappa shape index (κ2) is 13.8. The molecule has 0 aromatic heterocycles. The van der Waals surface area contributed by atoms with Crippen LogP contribution in [0.1, 0.15) is 12.5 Å². The number of carbonyl (C=O) groups excluding carboxylic acids is 1. The number of hydrogen-bond donors (Lipinski definition) is 4. The van der Waals surface area contributed by atoms with E-state index in [1.807, 2.05) is 38.2 Å². The van der Waals surface area contributed by atoms with Gasteiger partial charge in [-0.15, -0.1) is 10.8 Å². The summed E-state index contributed by atoms with van der Waals surface area (Å²) < 4.78 is 27.5. The molecule has 1 rings (SSSR count). The third-order valence-corrected chi connectivity index (χ3v) is 5.85. The quantitative estimate of drug-likeness (QED) is 0.124. The Morgan fingerprint density at radius 2 is 1.83 bits per heavy atom. The lowest BCUT2D eigenvalue weighted by Gasteiger charge is -2.29. The average Bonchev–Trinajstić information content (AvgIpc) is 2.80. The summed E-state index contributed by atoms with van der Waals surface area (Å²) in [6.07, 6.45) is 8.25. The molecule has 0 aliphatic rings. The lowest BCUT2D eigenvalue weighted by Crippen LogP contribution is -2.17. The van der Waals surface area contributed by atoms with Gasteiger partial charge in [0, 0.05) is 49.8 Å². The topological polar surface area (TPSA) is 94.1 Å². The molecule has 9 heteroatoms. The molecule has 0 saturated heterocycles. The van der Waals surface area contributed by atoms with Gasteiger partial charge in [-0.3, -0.25) is 18.6 Å². The zero-order valence-electron chi connectivity index (χ0n) is 21.5. The van der Waals surface area contributed by atoms with Crippen molar-refractivity contribution in [2.24, 2.45) is 0 Å². The van der Waals surface area contributed by atoms with Gasteiger partial charge in [0.05, 0.1) is 23.5 Å². The third-order valence-electron chi connectivity index (χ3n) is 4.83. The number of aldehydes is 1. The van der Waals surface area contributed by atoms with Crippen molar-refractivity contribution in [1.82, 2.24) is 9.62 Å². The fourth-order valence-corrected chi connectivity index (χ4v) is 4.20. The summed E-state index contributed by atoms with van der Waals surface area (Å²) in [5.74, 6) is 0.587. The van der Waals surface area contributed by atoms with Crippen molar-refractivity contribution in [1.29, 1.82) is 0 Å². The molecule has 0 atom stereocenters. The van der Waals surface area contributed by atoms with Crippen LogP contribution in [0, 0.1) is 0 Å². The first-order chi connectivity index (χ1) is 16.8. The molecule has 0 fully saturated rings. The number of methoxy groups -OCH3 is 1. The number of anilines is 1. The summed E-state index contributed by atoms with van der Waals surface area (Å²) in [6.45, 7) is 18.2. The minimum Gasteiger partial charge on any atom is -0.495 e. The van der Waals surface area contributed by atoms with Crippen LogP contribution >= 0.6 is 22.4 Å². The number of nitrogens with zero attached hydrogens (tertiary/aromatic N) is 1. The van der Waals surface area contributed by atoms with Gasteiger partial charge in [0.1, 0.15) is 5.75 Å². The van der Waals surface area contributed by atoms with E-state index in [2.05, 4.69) is 36.4 Å². The van der Waals surface area contributed by atoms with E-state index >= 15 is 0 Å². The van der Waals surface area contributed by atoms with E-state index in [9.17, 15) is 13.9 Å². The van der Waals surface area contributed by atoms with E-state index in [0.717, 1.165) is 0 Å². The molecule has 0 radical (unpaired) electrons. The highest BCUT2D eigenvalue weighted by atomic mass is 35.5. The van der Waals surface area contributed by atoms with Gasteiger partial charge in [-0.05, 0) is 47.9 Å². The normalized spacial score (nSPS) is 13.2. The average molecular weight is 534 g/mol. The minimum absolute atomic E-state index is 0.239. The summed E-state index contributed by atoms with van der Waals surface area (Å²) in [5.41, 5.74) is 3.63. The van der Waals surface area contributed by atoms with Crippen LogP contribution < -0.4 is 14.8 Å². The Morgan fingerprint density at radius 3 is 2.28 bits per heavy atom. The molecule has 196 valence electrons. The number of nitrogens with one attached hydrogen (secondary N) is 2. The van der Waals surface area contributed by atoms with Crippen LogP contribution in [0.25, 0.3) is 5.57 Å². The SMILES string of the molecule is C=C/C(C(=CN(C)C)c1ccc(OC)c(NCC)c1Cl)=C(/C=O)C(=C)C(=C)/C=C(\C=C)NS(C)(O)O. The Morgan fingerprint density at radius 1 is 1.19 bits per heavy atom. The van der Waals surface area contributed by atoms with Gasteiger partial charge in [-0.2, -0.15) is 0 Å². The molecule has 4 N–H and O–H groups in total. The predicted octanol–water partition coefficient (Wildman–Crippen LogP) is 6.43. The molecule has 0 aliphatic heterocycles. The number of benzene rings is 1. The van der Waals surface area contributed by atoms with Crippen LogP contribution in [-0.4, -0.2) is 54.3 Å². The van der Waals surface area contributed by atoms with Gasteiger partial charge in [-0.25, -0.2) is 0 Å². The van der Waals surface area contributed by atoms with Crippen molar-refractivity contribution in [2.75, 3.05) is 39.3 Å². The van der Waals surface area contributed by atoms with Crippen molar-refractivity contribution in [2.45, 2.75) is 6.92 Å². The first-order valence-electron chi connectivity index (χ1n) is 10.9. The molecule has 0 amide bonds. The maximum absolute atomic E-state index is 12.4. The van der Waals surface area contributed by atoms with Gasteiger partial charge in [0.2, 0.25) is 0 Å². The molecule has 0 spiro atoms. The van der Waals surface area contributed by atoms with Crippen LogP contribution in [0.15, 0.2) is 90.9 Å².